The standard InChI is InChI=1S/C13H11BrClIN2/c1-2-10-12(16)13(15)18-11(17-10)7-8-5-3-4-6-9(8)14/h3-6H,2,7H2,1H3. The minimum Gasteiger partial charge on any atom is -0.236 e. The van der Waals surface area contributed by atoms with Crippen LogP contribution in [0.1, 0.15) is 24.0 Å². The van der Waals surface area contributed by atoms with Gasteiger partial charge in [-0.25, -0.2) is 9.97 Å². The van der Waals surface area contributed by atoms with Crippen LogP contribution in [0.3, 0.4) is 0 Å². The summed E-state index contributed by atoms with van der Waals surface area (Å²) in [7, 11) is 0. The van der Waals surface area contributed by atoms with E-state index in [1.807, 2.05) is 18.2 Å². The predicted octanol–water partition coefficient (Wildman–Crippen LogP) is 4.65. The number of hydrogen-bond acceptors (Lipinski definition) is 2. The summed E-state index contributed by atoms with van der Waals surface area (Å²) in [6.45, 7) is 2.07. The highest BCUT2D eigenvalue weighted by Gasteiger charge is 2.10. The van der Waals surface area contributed by atoms with E-state index in [9.17, 15) is 0 Å². The number of aryl methyl sites for hydroxylation is 1. The maximum Gasteiger partial charge on any atom is 0.146 e. The predicted molar refractivity (Wildman–Crippen MR) is 86.1 cm³/mol. The van der Waals surface area contributed by atoms with Crippen LogP contribution in [0.4, 0.5) is 0 Å². The fourth-order valence-electron chi connectivity index (χ4n) is 1.64. The molecule has 0 spiro atoms. The number of nitrogens with zero attached hydrogens (tertiary/aromatic N) is 2. The van der Waals surface area contributed by atoms with Crippen molar-refractivity contribution < 1.29 is 0 Å². The minimum absolute atomic E-state index is 0.546. The normalized spacial score (nSPS) is 10.7. The molecule has 2 rings (SSSR count). The number of benzene rings is 1. The first-order valence-electron chi connectivity index (χ1n) is 5.56. The first-order valence-corrected chi connectivity index (χ1v) is 7.81. The number of rotatable bonds is 3. The highest BCUT2D eigenvalue weighted by Crippen LogP contribution is 2.22. The molecule has 5 heteroatoms. The molecule has 0 radical (unpaired) electrons. The molecule has 0 saturated heterocycles. The van der Waals surface area contributed by atoms with Crippen molar-refractivity contribution in [3.63, 3.8) is 0 Å². The Kier molecular flexibility index (Phi) is 4.98. The fraction of sp³-hybridized carbons (Fsp3) is 0.231. The summed E-state index contributed by atoms with van der Waals surface area (Å²) < 4.78 is 2.02. The van der Waals surface area contributed by atoms with E-state index >= 15 is 0 Å². The van der Waals surface area contributed by atoms with E-state index in [1.54, 1.807) is 0 Å². The Balaban J connectivity index is 2.36. The van der Waals surface area contributed by atoms with Crippen LogP contribution in [-0.4, -0.2) is 9.97 Å². The Labute approximate surface area is 133 Å². The molecule has 0 aliphatic heterocycles. The van der Waals surface area contributed by atoms with Crippen molar-refractivity contribution in [1.82, 2.24) is 9.97 Å². The zero-order valence-corrected chi connectivity index (χ0v) is 14.3. The van der Waals surface area contributed by atoms with Gasteiger partial charge in [0.1, 0.15) is 11.0 Å². The third-order valence-electron chi connectivity index (χ3n) is 2.57. The summed E-state index contributed by atoms with van der Waals surface area (Å²) in [6, 6.07) is 8.08. The van der Waals surface area contributed by atoms with Gasteiger partial charge in [-0.05, 0) is 40.6 Å². The lowest BCUT2D eigenvalue weighted by atomic mass is 10.1. The summed E-state index contributed by atoms with van der Waals surface area (Å²) >= 11 is 11.9. The molecule has 94 valence electrons. The van der Waals surface area contributed by atoms with Gasteiger partial charge in [0, 0.05) is 10.9 Å². The highest BCUT2D eigenvalue weighted by atomic mass is 127. The summed E-state index contributed by atoms with van der Waals surface area (Å²) in [6.07, 6.45) is 1.55. The molecule has 0 N–H and O–H groups in total. The lowest BCUT2D eigenvalue weighted by Crippen LogP contribution is -2.04. The van der Waals surface area contributed by atoms with Crippen LogP contribution in [0.2, 0.25) is 5.15 Å². The van der Waals surface area contributed by atoms with Gasteiger partial charge < -0.3 is 0 Å². The van der Waals surface area contributed by atoms with Crippen LogP contribution in [0.5, 0.6) is 0 Å². The highest BCUT2D eigenvalue weighted by molar-refractivity contribution is 14.1. The molecule has 0 amide bonds. The summed E-state index contributed by atoms with van der Waals surface area (Å²) in [4.78, 5) is 8.91. The minimum atomic E-state index is 0.546. The van der Waals surface area contributed by atoms with Crippen molar-refractivity contribution in [3.8, 4) is 0 Å². The van der Waals surface area contributed by atoms with Crippen LogP contribution >= 0.6 is 50.1 Å². The third-order valence-corrected chi connectivity index (χ3v) is 5.07. The Morgan fingerprint density at radius 2 is 2.00 bits per heavy atom. The van der Waals surface area contributed by atoms with Crippen LogP contribution < -0.4 is 0 Å². The van der Waals surface area contributed by atoms with Crippen LogP contribution in [0.15, 0.2) is 28.7 Å². The first kappa shape index (κ1) is 14.2. The molecule has 0 aliphatic rings. The molecule has 0 unspecified atom stereocenters. The summed E-state index contributed by atoms with van der Waals surface area (Å²) in [5.74, 6) is 0.768. The van der Waals surface area contributed by atoms with Gasteiger partial charge in [-0.1, -0.05) is 52.7 Å². The molecule has 1 aromatic heterocycles. The van der Waals surface area contributed by atoms with E-state index in [4.69, 9.17) is 11.6 Å². The average Bonchev–Trinajstić information content (AvgIpc) is 2.36. The Hall–Kier alpha value is -0.200. The molecule has 1 aromatic carbocycles. The second kappa shape index (κ2) is 6.30. The molecule has 1 heterocycles. The van der Waals surface area contributed by atoms with Crippen LogP contribution in [0.25, 0.3) is 0 Å². The van der Waals surface area contributed by atoms with Gasteiger partial charge in [-0.2, -0.15) is 0 Å². The SMILES string of the molecule is CCc1nc(Cc2ccccc2Br)nc(Cl)c1I. The third kappa shape index (κ3) is 3.22. The average molecular weight is 438 g/mol. The van der Waals surface area contributed by atoms with E-state index in [1.165, 1.54) is 0 Å². The van der Waals surface area contributed by atoms with E-state index in [2.05, 4.69) is 61.5 Å². The van der Waals surface area contributed by atoms with Crippen molar-refractivity contribution >= 4 is 50.1 Å². The molecule has 0 bridgehead atoms. The van der Waals surface area contributed by atoms with Crippen molar-refractivity contribution in [1.29, 1.82) is 0 Å². The molecule has 2 aromatic rings. The van der Waals surface area contributed by atoms with Gasteiger partial charge in [0.05, 0.1) is 9.26 Å². The van der Waals surface area contributed by atoms with Crippen molar-refractivity contribution in [3.05, 3.63) is 54.5 Å². The van der Waals surface area contributed by atoms with Gasteiger partial charge in [-0.15, -0.1) is 0 Å². The van der Waals surface area contributed by atoms with Crippen molar-refractivity contribution in [2.45, 2.75) is 19.8 Å². The number of halogens is 3. The van der Waals surface area contributed by atoms with Gasteiger partial charge >= 0.3 is 0 Å². The molecule has 2 nitrogen and oxygen atoms in total. The van der Waals surface area contributed by atoms with Gasteiger partial charge in [0.15, 0.2) is 0 Å². The quantitative estimate of drug-likeness (QED) is 0.516. The second-order valence-corrected chi connectivity index (χ2v) is 6.10. The zero-order valence-electron chi connectivity index (χ0n) is 9.75. The maximum atomic E-state index is 6.13. The van der Waals surface area contributed by atoms with E-state index in [0.717, 1.165) is 31.5 Å². The molecule has 0 fully saturated rings. The Morgan fingerprint density at radius 3 is 2.67 bits per heavy atom. The molecular formula is C13H11BrClIN2. The van der Waals surface area contributed by atoms with Gasteiger partial charge in [-0.3, -0.25) is 0 Å². The zero-order chi connectivity index (χ0) is 13.1. The molecular weight excluding hydrogens is 426 g/mol. The molecule has 0 atom stereocenters. The lowest BCUT2D eigenvalue weighted by Gasteiger charge is -2.07. The van der Waals surface area contributed by atoms with Crippen molar-refractivity contribution in [2.24, 2.45) is 0 Å². The second-order valence-electron chi connectivity index (χ2n) is 3.81. The fourth-order valence-corrected chi connectivity index (χ4v) is 2.89. The monoisotopic (exact) mass is 436 g/mol. The smallest absolute Gasteiger partial charge is 0.146 e. The Bertz CT molecular complexity index is 575. The van der Waals surface area contributed by atoms with E-state index in [-0.39, 0.29) is 0 Å². The molecule has 0 saturated carbocycles. The van der Waals surface area contributed by atoms with Gasteiger partial charge in [0.2, 0.25) is 0 Å². The Morgan fingerprint density at radius 1 is 1.28 bits per heavy atom. The number of aromatic nitrogens is 2. The lowest BCUT2D eigenvalue weighted by molar-refractivity contribution is 0.893. The van der Waals surface area contributed by atoms with Gasteiger partial charge in [0.25, 0.3) is 0 Å². The molecule has 18 heavy (non-hydrogen) atoms. The van der Waals surface area contributed by atoms with Crippen LogP contribution in [0, 0.1) is 3.57 Å². The first-order chi connectivity index (χ1) is 8.61. The molecule has 0 aliphatic carbocycles. The number of hydrogen-bond donors (Lipinski definition) is 0. The topological polar surface area (TPSA) is 25.8 Å². The van der Waals surface area contributed by atoms with E-state index in [0.29, 0.717) is 11.6 Å². The van der Waals surface area contributed by atoms with E-state index < -0.39 is 0 Å². The summed E-state index contributed by atoms with van der Waals surface area (Å²) in [5.41, 5.74) is 2.18. The van der Waals surface area contributed by atoms with Crippen molar-refractivity contribution in [2.75, 3.05) is 0 Å². The largest absolute Gasteiger partial charge is 0.236 e. The summed E-state index contributed by atoms with van der Waals surface area (Å²) in [5, 5.41) is 0.546. The van der Waals surface area contributed by atoms with Crippen LogP contribution in [-0.2, 0) is 12.8 Å². The maximum absolute atomic E-state index is 6.13.